The first-order chi connectivity index (χ1) is 15.7. The molecule has 2 aliphatic rings. The molecule has 3 atom stereocenters. The largest absolute Gasteiger partial charge is 0.711 e. The topological polar surface area (TPSA) is 126 Å². The molecule has 34 heavy (non-hydrogen) atoms. The maximum absolute atomic E-state index is 13.7. The van der Waals surface area contributed by atoms with Crippen molar-refractivity contribution in [2.75, 3.05) is 0 Å². The van der Waals surface area contributed by atoms with Crippen LogP contribution in [0.25, 0.3) is 5.53 Å². The SMILES string of the molecule is CC(C)=CCCC(C)=CCC1(O)C(=O)C2=C(C(=O)C1(Cl)CC=C(C)C)C(O)=C(C)C(=O)C2N=[N-]. The van der Waals surface area contributed by atoms with Crippen LogP contribution in [-0.2, 0) is 14.4 Å². The van der Waals surface area contributed by atoms with Gasteiger partial charge in [0.15, 0.2) is 23.0 Å². The molecule has 3 unspecified atom stereocenters. The number of alkyl halides is 1. The van der Waals surface area contributed by atoms with Gasteiger partial charge in [0, 0.05) is 17.6 Å². The van der Waals surface area contributed by atoms with E-state index >= 15 is 0 Å². The molecule has 2 rings (SSSR count). The van der Waals surface area contributed by atoms with E-state index in [0.717, 1.165) is 17.6 Å². The lowest BCUT2D eigenvalue weighted by Crippen LogP contribution is -2.65. The summed E-state index contributed by atoms with van der Waals surface area (Å²) in [6, 6.07) is -1.72. The molecule has 0 amide bonds. The van der Waals surface area contributed by atoms with Crippen LogP contribution in [0.2, 0.25) is 0 Å². The Morgan fingerprint density at radius 2 is 1.62 bits per heavy atom. The lowest BCUT2D eigenvalue weighted by atomic mass is 9.63. The number of rotatable bonds is 8. The first kappa shape index (κ1) is 27.6. The zero-order valence-corrected chi connectivity index (χ0v) is 21.3. The van der Waals surface area contributed by atoms with Crippen molar-refractivity contribution in [1.82, 2.24) is 0 Å². The molecule has 0 heterocycles. The van der Waals surface area contributed by atoms with Crippen molar-refractivity contribution < 1.29 is 24.6 Å². The second-order valence-electron chi connectivity index (χ2n) is 9.52. The van der Waals surface area contributed by atoms with Gasteiger partial charge in [-0.15, -0.1) is 11.6 Å². The summed E-state index contributed by atoms with van der Waals surface area (Å²) in [6.45, 7) is 10.7. The van der Waals surface area contributed by atoms with Crippen LogP contribution in [0, 0.1) is 0 Å². The summed E-state index contributed by atoms with van der Waals surface area (Å²) in [6.07, 6.45) is 6.34. The third kappa shape index (κ3) is 4.77. The number of carbonyl (C=O) groups excluding carboxylic acids is 3. The molecule has 0 aromatic carbocycles. The first-order valence-corrected chi connectivity index (χ1v) is 11.6. The molecule has 0 bridgehead atoms. The van der Waals surface area contributed by atoms with Gasteiger partial charge in [-0.25, -0.2) is 0 Å². The number of nitrogens with zero attached hydrogens (tertiary/aromatic N) is 2. The predicted molar refractivity (Wildman–Crippen MR) is 132 cm³/mol. The first-order valence-electron chi connectivity index (χ1n) is 11.2. The lowest BCUT2D eigenvalue weighted by molar-refractivity contribution is -0.146. The average Bonchev–Trinajstić information content (AvgIpc) is 2.77. The fraction of sp³-hybridized carbons (Fsp3) is 0.500. The molecule has 7 nitrogen and oxygen atoms in total. The van der Waals surface area contributed by atoms with Crippen LogP contribution in [-0.4, -0.2) is 44.1 Å². The monoisotopic (exact) mass is 487 g/mol. The Hall–Kier alpha value is -2.64. The smallest absolute Gasteiger partial charge is 0.196 e. The molecular formula is C26H32ClN2O5-. The van der Waals surface area contributed by atoms with Crippen molar-refractivity contribution in [3.63, 3.8) is 0 Å². The molecule has 0 fully saturated rings. The van der Waals surface area contributed by atoms with Gasteiger partial charge in [0.2, 0.25) is 0 Å². The van der Waals surface area contributed by atoms with Gasteiger partial charge in [-0.1, -0.05) is 34.9 Å². The third-order valence-corrected chi connectivity index (χ3v) is 7.00. The molecule has 0 saturated heterocycles. The van der Waals surface area contributed by atoms with Crippen molar-refractivity contribution in [3.05, 3.63) is 63.0 Å². The number of hydrogen-bond acceptors (Lipinski definition) is 6. The molecule has 0 radical (unpaired) electrons. The highest BCUT2D eigenvalue weighted by Gasteiger charge is 2.65. The van der Waals surface area contributed by atoms with E-state index in [1.165, 1.54) is 12.5 Å². The summed E-state index contributed by atoms with van der Waals surface area (Å²) in [5, 5.41) is 25.4. The van der Waals surface area contributed by atoms with Gasteiger partial charge in [0.1, 0.15) is 16.7 Å². The molecule has 8 heteroatoms. The standard InChI is InChI=1S/C26H32ClN2O5/c1-14(2)8-7-9-16(5)11-13-26(34)24(33)18-19(21(30)17(6)22(31)20(18)29-28)23(32)25(26,27)12-10-15(3)4/h8,10-11,20,30,34H,7,9,12-13H2,1-6H3/q-1. The number of ketones is 3. The van der Waals surface area contributed by atoms with Crippen molar-refractivity contribution in [1.29, 1.82) is 0 Å². The van der Waals surface area contributed by atoms with E-state index in [9.17, 15) is 30.1 Å². The molecule has 0 spiro atoms. The summed E-state index contributed by atoms with van der Waals surface area (Å²) in [5.41, 5.74) is 8.72. The number of aliphatic hydroxyl groups is 2. The summed E-state index contributed by atoms with van der Waals surface area (Å²) in [5.74, 6) is -3.42. The molecule has 2 aliphatic carbocycles. The molecular weight excluding hydrogens is 456 g/mol. The van der Waals surface area contributed by atoms with Crippen molar-refractivity contribution in [2.24, 2.45) is 5.11 Å². The number of hydrogen-bond donors (Lipinski definition) is 2. The van der Waals surface area contributed by atoms with Crippen LogP contribution < -0.4 is 0 Å². The second kappa shape index (κ2) is 10.3. The van der Waals surface area contributed by atoms with Crippen LogP contribution in [0.15, 0.2) is 62.5 Å². The van der Waals surface area contributed by atoms with E-state index in [1.807, 2.05) is 20.8 Å². The van der Waals surface area contributed by atoms with Crippen LogP contribution in [0.4, 0.5) is 0 Å². The molecule has 184 valence electrons. The Labute approximate surface area is 205 Å². The minimum absolute atomic E-state index is 0.180. The van der Waals surface area contributed by atoms with E-state index in [1.54, 1.807) is 26.0 Å². The summed E-state index contributed by atoms with van der Waals surface area (Å²) < 4.78 is 0. The number of aliphatic hydroxyl groups excluding tert-OH is 1. The predicted octanol–water partition coefficient (Wildman–Crippen LogP) is 5.39. The van der Waals surface area contributed by atoms with E-state index < -0.39 is 50.8 Å². The van der Waals surface area contributed by atoms with Gasteiger partial charge in [0.25, 0.3) is 0 Å². The van der Waals surface area contributed by atoms with Gasteiger partial charge in [-0.05, 0) is 60.8 Å². The Balaban J connectivity index is 2.69. The highest BCUT2D eigenvalue weighted by atomic mass is 35.5. The van der Waals surface area contributed by atoms with Gasteiger partial charge >= 0.3 is 0 Å². The van der Waals surface area contributed by atoms with Gasteiger partial charge in [0.05, 0.1) is 5.57 Å². The maximum Gasteiger partial charge on any atom is 0.196 e. The molecule has 0 aliphatic heterocycles. The van der Waals surface area contributed by atoms with Crippen LogP contribution in [0.5, 0.6) is 0 Å². The summed E-state index contributed by atoms with van der Waals surface area (Å²) in [4.78, 5) is 37.8. The number of allylic oxidation sites excluding steroid dienone is 6. The van der Waals surface area contributed by atoms with Crippen LogP contribution in [0.3, 0.4) is 0 Å². The Kier molecular flexibility index (Phi) is 8.38. The number of carbonyl (C=O) groups is 3. The van der Waals surface area contributed by atoms with E-state index in [4.69, 9.17) is 11.6 Å². The zero-order chi connectivity index (χ0) is 26.0. The summed E-state index contributed by atoms with van der Waals surface area (Å²) >= 11 is 6.81. The second-order valence-corrected chi connectivity index (χ2v) is 10.2. The van der Waals surface area contributed by atoms with Gasteiger partial charge < -0.3 is 20.9 Å². The Morgan fingerprint density at radius 1 is 1.03 bits per heavy atom. The molecule has 0 saturated carbocycles. The van der Waals surface area contributed by atoms with Crippen molar-refractivity contribution >= 4 is 29.0 Å². The molecule has 0 aromatic rings. The zero-order valence-electron chi connectivity index (χ0n) is 20.5. The van der Waals surface area contributed by atoms with E-state index in [0.29, 0.717) is 6.42 Å². The van der Waals surface area contributed by atoms with E-state index in [-0.39, 0.29) is 18.4 Å². The summed E-state index contributed by atoms with van der Waals surface area (Å²) in [7, 11) is 0. The Morgan fingerprint density at radius 3 is 2.15 bits per heavy atom. The van der Waals surface area contributed by atoms with Crippen molar-refractivity contribution in [3.8, 4) is 0 Å². The van der Waals surface area contributed by atoms with Gasteiger partial charge in [-0.3, -0.25) is 14.4 Å². The molecule has 0 aromatic heterocycles. The minimum atomic E-state index is -2.43. The number of Topliss-reactive ketones (excluding diaryl/α,β-unsaturated/α-hetero) is 3. The van der Waals surface area contributed by atoms with Crippen molar-refractivity contribution in [2.45, 2.75) is 83.7 Å². The molecule has 2 N–H and O–H groups in total. The van der Waals surface area contributed by atoms with Gasteiger partial charge in [-0.2, -0.15) is 0 Å². The Bertz CT molecular complexity index is 1090. The fourth-order valence-corrected chi connectivity index (χ4v) is 4.48. The quantitative estimate of drug-likeness (QED) is 0.269. The minimum Gasteiger partial charge on any atom is -0.711 e. The average molecular weight is 488 g/mol. The normalized spacial score (nSPS) is 27.6. The van der Waals surface area contributed by atoms with E-state index in [2.05, 4.69) is 11.2 Å². The fourth-order valence-electron chi connectivity index (χ4n) is 4.14. The lowest BCUT2D eigenvalue weighted by Gasteiger charge is -2.46. The van der Waals surface area contributed by atoms with Crippen LogP contribution in [0.1, 0.15) is 67.2 Å². The highest BCUT2D eigenvalue weighted by molar-refractivity contribution is 6.45. The number of halogens is 1. The third-order valence-electron chi connectivity index (χ3n) is 6.36. The van der Waals surface area contributed by atoms with Crippen LogP contribution >= 0.6 is 11.6 Å². The maximum atomic E-state index is 13.7. The highest BCUT2D eigenvalue weighted by Crippen LogP contribution is 2.49.